The Morgan fingerprint density at radius 1 is 1.35 bits per heavy atom. The number of carbonyl (C=O) groups is 2. The maximum atomic E-state index is 11.9. The number of carbonyl (C=O) groups excluding carboxylic acids is 1. The van der Waals surface area contributed by atoms with Crippen LogP contribution in [-0.4, -0.2) is 47.3 Å². The lowest BCUT2D eigenvalue weighted by molar-refractivity contribution is 0.0697. The number of rotatable bonds is 4. The first kappa shape index (κ1) is 14.8. The van der Waals surface area contributed by atoms with Gasteiger partial charge in [-0.3, -0.25) is 5.32 Å². The molecule has 0 unspecified atom stereocenters. The molecule has 1 aromatic heterocycles. The van der Waals surface area contributed by atoms with E-state index in [1.54, 1.807) is 7.05 Å². The molecular weight excluding hydrogens is 280 g/mol. The molecule has 1 aliphatic carbocycles. The van der Waals surface area contributed by atoms with Crippen LogP contribution >= 0.6 is 11.3 Å². The zero-order valence-electron chi connectivity index (χ0n) is 11.3. The zero-order valence-corrected chi connectivity index (χ0v) is 12.1. The second kappa shape index (κ2) is 6.23. The number of aromatic carboxylic acids is 1. The molecule has 0 saturated heterocycles. The number of thiophene rings is 1. The fourth-order valence-corrected chi connectivity index (χ4v) is 3.60. The Morgan fingerprint density at radius 3 is 2.70 bits per heavy atom. The van der Waals surface area contributed by atoms with Crippen LogP contribution < -0.4 is 5.32 Å². The first-order valence-electron chi connectivity index (χ1n) is 6.55. The summed E-state index contributed by atoms with van der Waals surface area (Å²) < 4.78 is 0. The number of likely N-dealkylation sites (N-methyl/N-ethyl adjacent to an activating group) is 1. The number of carboxylic acid groups (broad SMARTS) is 1. The largest absolute Gasteiger partial charge is 0.478 e. The van der Waals surface area contributed by atoms with E-state index in [0.717, 1.165) is 36.1 Å². The summed E-state index contributed by atoms with van der Waals surface area (Å²) in [6, 6.07) is -0.403. The fraction of sp³-hybridized carbons (Fsp3) is 0.538. The average molecular weight is 298 g/mol. The van der Waals surface area contributed by atoms with E-state index in [-0.39, 0.29) is 18.7 Å². The first-order valence-corrected chi connectivity index (χ1v) is 7.37. The van der Waals surface area contributed by atoms with Gasteiger partial charge in [0.2, 0.25) is 0 Å². The van der Waals surface area contributed by atoms with Crippen LogP contribution in [0.25, 0.3) is 0 Å². The van der Waals surface area contributed by atoms with E-state index in [9.17, 15) is 14.7 Å². The normalized spacial score (nSPS) is 13.7. The molecule has 0 aliphatic heterocycles. The molecule has 2 rings (SSSR count). The number of amides is 2. The number of nitrogens with zero attached hydrogens (tertiary/aromatic N) is 1. The predicted molar refractivity (Wildman–Crippen MR) is 76.7 cm³/mol. The van der Waals surface area contributed by atoms with E-state index in [1.165, 1.54) is 16.2 Å². The van der Waals surface area contributed by atoms with Gasteiger partial charge in [-0.25, -0.2) is 9.59 Å². The lowest BCUT2D eigenvalue weighted by Crippen LogP contribution is -2.33. The number of fused-ring (bicyclic) bond motifs is 1. The molecule has 0 aromatic carbocycles. The second-order valence-corrected chi connectivity index (χ2v) is 5.90. The van der Waals surface area contributed by atoms with Crippen LogP contribution in [0, 0.1) is 0 Å². The third-order valence-electron chi connectivity index (χ3n) is 3.39. The SMILES string of the molecule is CN(CCO)C(=O)Nc1sc2c(c1C(=O)O)CCCC2. The summed E-state index contributed by atoms with van der Waals surface area (Å²) in [4.78, 5) is 25.7. The Balaban J connectivity index is 2.25. The molecule has 1 aliphatic rings. The number of aliphatic hydroxyl groups excluding tert-OH is 1. The van der Waals surface area contributed by atoms with Crippen molar-refractivity contribution in [2.75, 3.05) is 25.5 Å². The van der Waals surface area contributed by atoms with Gasteiger partial charge in [-0.05, 0) is 31.2 Å². The third-order valence-corrected chi connectivity index (χ3v) is 4.59. The van der Waals surface area contributed by atoms with Crippen molar-refractivity contribution in [2.45, 2.75) is 25.7 Å². The number of aliphatic hydroxyl groups is 1. The van der Waals surface area contributed by atoms with Gasteiger partial charge in [-0.15, -0.1) is 11.3 Å². The predicted octanol–water partition coefficient (Wildman–Crippen LogP) is 1.78. The molecule has 0 spiro atoms. The van der Waals surface area contributed by atoms with Gasteiger partial charge >= 0.3 is 12.0 Å². The molecule has 1 heterocycles. The number of hydrogen-bond donors (Lipinski definition) is 3. The summed E-state index contributed by atoms with van der Waals surface area (Å²) in [6.45, 7) is 0.0793. The van der Waals surface area contributed by atoms with Crippen LogP contribution in [0.5, 0.6) is 0 Å². The number of anilines is 1. The topological polar surface area (TPSA) is 89.9 Å². The monoisotopic (exact) mass is 298 g/mol. The molecule has 0 saturated carbocycles. The van der Waals surface area contributed by atoms with Gasteiger partial charge in [0.15, 0.2) is 0 Å². The Bertz CT molecular complexity index is 527. The van der Waals surface area contributed by atoms with Crippen molar-refractivity contribution in [3.8, 4) is 0 Å². The molecule has 7 heteroatoms. The first-order chi connectivity index (χ1) is 9.54. The zero-order chi connectivity index (χ0) is 14.7. The van der Waals surface area contributed by atoms with Gasteiger partial charge < -0.3 is 15.1 Å². The van der Waals surface area contributed by atoms with Crippen molar-refractivity contribution in [1.82, 2.24) is 4.90 Å². The summed E-state index contributed by atoms with van der Waals surface area (Å²) >= 11 is 1.35. The minimum absolute atomic E-state index is 0.128. The van der Waals surface area contributed by atoms with E-state index in [0.29, 0.717) is 5.00 Å². The lowest BCUT2D eigenvalue weighted by atomic mass is 9.95. The highest BCUT2D eigenvalue weighted by molar-refractivity contribution is 7.17. The number of aryl methyl sites for hydroxylation is 1. The summed E-state index contributed by atoms with van der Waals surface area (Å²) in [6.07, 6.45) is 3.69. The average Bonchev–Trinajstić information content (AvgIpc) is 2.76. The quantitative estimate of drug-likeness (QED) is 0.790. The fourth-order valence-electron chi connectivity index (χ4n) is 2.32. The second-order valence-electron chi connectivity index (χ2n) is 4.80. The van der Waals surface area contributed by atoms with Crippen LogP contribution in [0.4, 0.5) is 9.80 Å². The van der Waals surface area contributed by atoms with Gasteiger partial charge in [-0.1, -0.05) is 0 Å². The highest BCUT2D eigenvalue weighted by atomic mass is 32.1. The number of carboxylic acids is 1. The molecule has 0 radical (unpaired) electrons. The van der Waals surface area contributed by atoms with E-state index in [1.807, 2.05) is 0 Å². The number of hydrogen-bond acceptors (Lipinski definition) is 4. The van der Waals surface area contributed by atoms with E-state index in [2.05, 4.69) is 5.32 Å². The molecule has 0 atom stereocenters. The molecule has 0 bridgehead atoms. The van der Waals surface area contributed by atoms with Crippen molar-refractivity contribution in [1.29, 1.82) is 0 Å². The molecular formula is C13H18N2O4S. The van der Waals surface area contributed by atoms with E-state index >= 15 is 0 Å². The standard InChI is InChI=1S/C13H18N2O4S/c1-15(6-7-16)13(19)14-11-10(12(17)18)8-4-2-3-5-9(8)20-11/h16H,2-7H2,1H3,(H,14,19)(H,17,18). The Morgan fingerprint density at radius 2 is 2.05 bits per heavy atom. The maximum absolute atomic E-state index is 11.9. The van der Waals surface area contributed by atoms with Crippen LogP contribution in [0.3, 0.4) is 0 Å². The summed E-state index contributed by atoms with van der Waals surface area (Å²) in [5.41, 5.74) is 1.10. The third kappa shape index (κ3) is 2.94. The van der Waals surface area contributed by atoms with Crippen LogP contribution in [0.2, 0.25) is 0 Å². The maximum Gasteiger partial charge on any atom is 0.339 e. The summed E-state index contributed by atoms with van der Waals surface area (Å²) in [5, 5.41) is 21.2. The van der Waals surface area contributed by atoms with Gasteiger partial charge in [-0.2, -0.15) is 0 Å². The van der Waals surface area contributed by atoms with Crippen LogP contribution in [0.1, 0.15) is 33.6 Å². The van der Waals surface area contributed by atoms with Crippen molar-refractivity contribution in [3.05, 3.63) is 16.0 Å². The molecule has 110 valence electrons. The Hall–Kier alpha value is -1.60. The molecule has 20 heavy (non-hydrogen) atoms. The van der Waals surface area contributed by atoms with Gasteiger partial charge in [0.05, 0.1) is 12.2 Å². The van der Waals surface area contributed by atoms with Crippen molar-refractivity contribution < 1.29 is 19.8 Å². The smallest absolute Gasteiger partial charge is 0.339 e. The Labute approximate surface area is 121 Å². The van der Waals surface area contributed by atoms with Crippen LogP contribution in [-0.2, 0) is 12.8 Å². The number of nitrogens with one attached hydrogen (secondary N) is 1. The molecule has 3 N–H and O–H groups in total. The lowest BCUT2D eigenvalue weighted by Gasteiger charge is -2.16. The Kier molecular flexibility index (Phi) is 4.61. The van der Waals surface area contributed by atoms with Gasteiger partial charge in [0, 0.05) is 18.5 Å². The van der Waals surface area contributed by atoms with Gasteiger partial charge in [0.1, 0.15) is 5.00 Å². The molecule has 0 fully saturated rings. The molecule has 6 nitrogen and oxygen atoms in total. The highest BCUT2D eigenvalue weighted by Gasteiger charge is 2.26. The number of urea groups is 1. The van der Waals surface area contributed by atoms with E-state index in [4.69, 9.17) is 5.11 Å². The van der Waals surface area contributed by atoms with Crippen LogP contribution in [0.15, 0.2) is 0 Å². The highest BCUT2D eigenvalue weighted by Crippen LogP contribution is 2.38. The van der Waals surface area contributed by atoms with Crippen molar-refractivity contribution >= 4 is 28.3 Å². The summed E-state index contributed by atoms with van der Waals surface area (Å²) in [7, 11) is 1.56. The van der Waals surface area contributed by atoms with Gasteiger partial charge in [0.25, 0.3) is 0 Å². The van der Waals surface area contributed by atoms with Crippen molar-refractivity contribution in [3.63, 3.8) is 0 Å². The van der Waals surface area contributed by atoms with Crippen molar-refractivity contribution in [2.24, 2.45) is 0 Å². The molecule has 2 amide bonds. The van der Waals surface area contributed by atoms with E-state index < -0.39 is 12.0 Å². The minimum Gasteiger partial charge on any atom is -0.478 e. The molecule has 1 aromatic rings. The summed E-state index contributed by atoms with van der Waals surface area (Å²) in [5.74, 6) is -0.996. The minimum atomic E-state index is -0.996.